The minimum absolute atomic E-state index is 0.893. The van der Waals surface area contributed by atoms with Gasteiger partial charge in [-0.1, -0.05) is 133 Å². The molecule has 0 saturated carbocycles. The van der Waals surface area contributed by atoms with Crippen LogP contribution in [0.1, 0.15) is 0 Å². The second kappa shape index (κ2) is 13.1. The Bertz CT molecular complexity index is 3500. The zero-order valence-electron chi connectivity index (χ0n) is 31.3. The Morgan fingerprint density at radius 3 is 1.95 bits per heavy atom. The molecule has 12 aromatic rings. The maximum absolute atomic E-state index is 6.52. The lowest BCUT2D eigenvalue weighted by molar-refractivity contribution is 0.670. The molecular weight excluding hydrogens is 725 g/mol. The molecule has 4 heteroatoms. The molecule has 58 heavy (non-hydrogen) atoms. The van der Waals surface area contributed by atoms with Gasteiger partial charge in [-0.3, -0.25) is 0 Å². The van der Waals surface area contributed by atoms with Crippen LogP contribution in [0.25, 0.3) is 91.9 Å². The molecule has 0 spiro atoms. The summed E-state index contributed by atoms with van der Waals surface area (Å²) in [6, 6.07) is 74.4. The number of fused-ring (bicyclic) bond motifs is 9. The van der Waals surface area contributed by atoms with Gasteiger partial charge in [0.05, 0.1) is 16.7 Å². The van der Waals surface area contributed by atoms with E-state index in [4.69, 9.17) is 4.42 Å². The highest BCUT2D eigenvalue weighted by Crippen LogP contribution is 2.46. The van der Waals surface area contributed by atoms with Gasteiger partial charge in [0.25, 0.3) is 0 Å². The summed E-state index contributed by atoms with van der Waals surface area (Å²) in [5, 5.41) is 7.26. The first-order valence-electron chi connectivity index (χ1n) is 19.7. The van der Waals surface area contributed by atoms with Crippen LogP contribution in [0.3, 0.4) is 0 Å². The van der Waals surface area contributed by atoms with Crippen LogP contribution in [0.2, 0.25) is 0 Å². The SMILES string of the molecule is c1ccc(-c2cccc3c2oc2ccc(-c4ccc(N(c5ccc6c7ccccc7n(-c7ccccc7)c6c5)c5cccc6sc7ccccc7c56)cc4)cc23)cc1. The van der Waals surface area contributed by atoms with Gasteiger partial charge in [-0.25, -0.2) is 0 Å². The zero-order chi connectivity index (χ0) is 38.2. The molecule has 0 amide bonds. The van der Waals surface area contributed by atoms with E-state index < -0.39 is 0 Å². The average molecular weight is 759 g/mol. The van der Waals surface area contributed by atoms with Gasteiger partial charge in [0.2, 0.25) is 0 Å². The van der Waals surface area contributed by atoms with E-state index in [2.05, 4.69) is 210 Å². The number of anilines is 3. The fourth-order valence-electron chi connectivity index (χ4n) is 8.95. The Morgan fingerprint density at radius 1 is 0.414 bits per heavy atom. The molecule has 3 aromatic heterocycles. The van der Waals surface area contributed by atoms with Crippen molar-refractivity contribution in [3.05, 3.63) is 206 Å². The second-order valence-electron chi connectivity index (χ2n) is 14.9. The number of para-hydroxylation sites is 3. The fourth-order valence-corrected chi connectivity index (χ4v) is 10.1. The van der Waals surface area contributed by atoms with Gasteiger partial charge in [0.1, 0.15) is 11.2 Å². The number of rotatable bonds is 6. The smallest absolute Gasteiger partial charge is 0.143 e. The Labute approximate surface area is 338 Å². The van der Waals surface area contributed by atoms with E-state index in [1.807, 2.05) is 17.4 Å². The molecule has 0 radical (unpaired) electrons. The Hall–Kier alpha value is -7.40. The van der Waals surface area contributed by atoms with Gasteiger partial charge in [-0.15, -0.1) is 11.3 Å². The third-order valence-corrected chi connectivity index (χ3v) is 12.7. The number of hydrogen-bond acceptors (Lipinski definition) is 3. The number of thiophene rings is 1. The van der Waals surface area contributed by atoms with Gasteiger partial charge < -0.3 is 13.9 Å². The second-order valence-corrected chi connectivity index (χ2v) is 16.0. The third-order valence-electron chi connectivity index (χ3n) is 11.6. The van der Waals surface area contributed by atoms with Crippen molar-refractivity contribution in [1.82, 2.24) is 4.57 Å². The number of hydrogen-bond donors (Lipinski definition) is 0. The Morgan fingerprint density at radius 2 is 1.09 bits per heavy atom. The maximum atomic E-state index is 6.52. The predicted molar refractivity (Wildman–Crippen MR) is 247 cm³/mol. The van der Waals surface area contributed by atoms with E-state index in [0.717, 1.165) is 66.9 Å². The third kappa shape index (κ3) is 5.12. The molecule has 9 aromatic carbocycles. The van der Waals surface area contributed by atoms with E-state index in [1.165, 1.54) is 42.0 Å². The molecule has 0 bridgehead atoms. The largest absolute Gasteiger partial charge is 0.455 e. The molecule has 0 fully saturated rings. The molecule has 0 atom stereocenters. The number of benzene rings is 9. The summed E-state index contributed by atoms with van der Waals surface area (Å²) in [5.41, 5.74) is 13.2. The first-order chi connectivity index (χ1) is 28.8. The van der Waals surface area contributed by atoms with Crippen molar-refractivity contribution in [1.29, 1.82) is 0 Å². The molecular formula is C54H34N2OS. The Balaban J connectivity index is 1.03. The highest BCUT2D eigenvalue weighted by atomic mass is 32.1. The molecule has 0 unspecified atom stereocenters. The van der Waals surface area contributed by atoms with Crippen LogP contribution < -0.4 is 4.90 Å². The fraction of sp³-hybridized carbons (Fsp3) is 0. The van der Waals surface area contributed by atoms with Gasteiger partial charge >= 0.3 is 0 Å². The van der Waals surface area contributed by atoms with Crippen LogP contribution in [0, 0.1) is 0 Å². The van der Waals surface area contributed by atoms with E-state index in [9.17, 15) is 0 Å². The van der Waals surface area contributed by atoms with Crippen LogP contribution in [-0.4, -0.2) is 4.57 Å². The van der Waals surface area contributed by atoms with E-state index in [-0.39, 0.29) is 0 Å². The summed E-state index contributed by atoms with van der Waals surface area (Å²) in [6.45, 7) is 0. The van der Waals surface area contributed by atoms with Crippen molar-refractivity contribution in [2.45, 2.75) is 0 Å². The van der Waals surface area contributed by atoms with Gasteiger partial charge in [0, 0.05) is 64.3 Å². The molecule has 0 N–H and O–H groups in total. The first kappa shape index (κ1) is 32.8. The lowest BCUT2D eigenvalue weighted by atomic mass is 10.00. The topological polar surface area (TPSA) is 21.3 Å². The monoisotopic (exact) mass is 758 g/mol. The van der Waals surface area contributed by atoms with Crippen molar-refractivity contribution in [2.75, 3.05) is 4.90 Å². The van der Waals surface area contributed by atoms with Crippen molar-refractivity contribution in [3.63, 3.8) is 0 Å². The maximum Gasteiger partial charge on any atom is 0.143 e. The summed E-state index contributed by atoms with van der Waals surface area (Å²) < 4.78 is 11.5. The normalized spacial score (nSPS) is 11.8. The van der Waals surface area contributed by atoms with E-state index in [1.54, 1.807) is 0 Å². The highest BCUT2D eigenvalue weighted by molar-refractivity contribution is 7.26. The summed E-state index contributed by atoms with van der Waals surface area (Å²) in [5.74, 6) is 0. The number of furan rings is 1. The lowest BCUT2D eigenvalue weighted by Gasteiger charge is -2.27. The number of nitrogens with zero attached hydrogens (tertiary/aromatic N) is 2. The predicted octanol–water partition coefficient (Wildman–Crippen LogP) is 15.9. The van der Waals surface area contributed by atoms with Gasteiger partial charge in [-0.05, 0) is 89.5 Å². The molecule has 0 aliphatic carbocycles. The summed E-state index contributed by atoms with van der Waals surface area (Å²) >= 11 is 1.85. The van der Waals surface area contributed by atoms with Crippen molar-refractivity contribution >= 4 is 92.3 Å². The quantitative estimate of drug-likeness (QED) is 0.168. The van der Waals surface area contributed by atoms with Crippen molar-refractivity contribution in [3.8, 4) is 27.9 Å². The molecule has 12 rings (SSSR count). The number of aromatic nitrogens is 1. The molecule has 0 saturated heterocycles. The first-order valence-corrected chi connectivity index (χ1v) is 20.5. The molecule has 272 valence electrons. The van der Waals surface area contributed by atoms with Crippen LogP contribution in [0.15, 0.2) is 211 Å². The minimum Gasteiger partial charge on any atom is -0.455 e. The summed E-state index contributed by atoms with van der Waals surface area (Å²) in [6.07, 6.45) is 0. The van der Waals surface area contributed by atoms with Crippen LogP contribution in [-0.2, 0) is 0 Å². The molecule has 0 aliphatic rings. The van der Waals surface area contributed by atoms with Gasteiger partial charge in [0.15, 0.2) is 0 Å². The minimum atomic E-state index is 0.893. The highest BCUT2D eigenvalue weighted by Gasteiger charge is 2.21. The van der Waals surface area contributed by atoms with Crippen molar-refractivity contribution < 1.29 is 4.42 Å². The van der Waals surface area contributed by atoms with E-state index >= 15 is 0 Å². The Kier molecular flexibility index (Phi) is 7.40. The summed E-state index contributed by atoms with van der Waals surface area (Å²) in [4.78, 5) is 2.44. The summed E-state index contributed by atoms with van der Waals surface area (Å²) in [7, 11) is 0. The zero-order valence-corrected chi connectivity index (χ0v) is 32.2. The van der Waals surface area contributed by atoms with Crippen LogP contribution in [0.4, 0.5) is 17.1 Å². The van der Waals surface area contributed by atoms with Crippen LogP contribution >= 0.6 is 11.3 Å². The van der Waals surface area contributed by atoms with Crippen molar-refractivity contribution in [2.24, 2.45) is 0 Å². The van der Waals surface area contributed by atoms with Crippen LogP contribution in [0.5, 0.6) is 0 Å². The van der Waals surface area contributed by atoms with E-state index in [0.29, 0.717) is 0 Å². The molecule has 3 nitrogen and oxygen atoms in total. The average Bonchev–Trinajstić information content (AvgIpc) is 3.97. The molecule has 3 heterocycles. The van der Waals surface area contributed by atoms with Gasteiger partial charge in [-0.2, -0.15) is 0 Å². The lowest BCUT2D eigenvalue weighted by Crippen LogP contribution is -2.10. The molecule has 0 aliphatic heterocycles. The standard InChI is InChI=1S/C54H34N2OS/c1-3-13-36(14-4-1)41-19-11-20-44-46-33-37(27-32-50(46)57-54(41)44)35-25-28-39(29-26-35)55(48-22-12-24-52-53(48)45-18-8-10-23-51(45)58-52)40-30-31-43-42-17-7-9-21-47(42)56(49(43)34-40)38-15-5-2-6-16-38/h1-34H.